The van der Waals surface area contributed by atoms with Crippen molar-refractivity contribution in [1.29, 1.82) is 0 Å². The maximum atomic E-state index is 12.5. The fourth-order valence-electron chi connectivity index (χ4n) is 5.31. The van der Waals surface area contributed by atoms with Crippen LogP contribution in [0.2, 0.25) is 0 Å². The zero-order valence-electron chi connectivity index (χ0n) is 31.4. The van der Waals surface area contributed by atoms with Crippen molar-refractivity contribution >= 4 is 19.8 Å². The molecule has 0 aliphatic rings. The van der Waals surface area contributed by atoms with Gasteiger partial charge in [0.15, 0.2) is 6.10 Å². The number of phosphoric ester groups is 1. The highest BCUT2D eigenvalue weighted by molar-refractivity contribution is 7.47. The van der Waals surface area contributed by atoms with Gasteiger partial charge in [0, 0.05) is 19.4 Å². The van der Waals surface area contributed by atoms with Gasteiger partial charge in [-0.05, 0) is 57.8 Å². The Hall–Kier alpha value is -1.51. The van der Waals surface area contributed by atoms with Gasteiger partial charge in [0.05, 0.1) is 13.2 Å². The van der Waals surface area contributed by atoms with E-state index in [9.17, 15) is 19.0 Å². The Kier molecular flexibility index (Phi) is 35.2. The molecule has 0 fully saturated rings. The SMILES string of the molecule is CCCC/C=C/CCCCCCCC(=O)OC[C@H](COP(=O)(O)OCCN)OC(=O)CCCCCCCCCCC/C=C/CCCCCC. The molecule has 0 spiro atoms. The van der Waals surface area contributed by atoms with Crippen LogP contribution in [0.15, 0.2) is 24.3 Å². The molecule has 9 nitrogen and oxygen atoms in total. The average molecular weight is 716 g/mol. The van der Waals surface area contributed by atoms with Gasteiger partial charge >= 0.3 is 19.8 Å². The number of carbonyl (C=O) groups excluding carboxylic acids is 2. The smallest absolute Gasteiger partial charge is 0.462 e. The quantitative estimate of drug-likeness (QED) is 0.0279. The van der Waals surface area contributed by atoms with Crippen molar-refractivity contribution in [3.63, 3.8) is 0 Å². The number of hydrogen-bond donors (Lipinski definition) is 2. The minimum atomic E-state index is -4.37. The molecule has 288 valence electrons. The lowest BCUT2D eigenvalue weighted by molar-refractivity contribution is -0.161. The largest absolute Gasteiger partial charge is 0.472 e. The van der Waals surface area contributed by atoms with E-state index in [0.717, 1.165) is 64.2 Å². The second-order valence-corrected chi connectivity index (χ2v) is 14.6. The van der Waals surface area contributed by atoms with Crippen LogP contribution in [0.3, 0.4) is 0 Å². The van der Waals surface area contributed by atoms with Crippen molar-refractivity contribution < 1.29 is 37.6 Å². The lowest BCUT2D eigenvalue weighted by Crippen LogP contribution is -2.29. The molecule has 0 aromatic carbocycles. The number of nitrogens with two attached hydrogens (primary N) is 1. The molecule has 49 heavy (non-hydrogen) atoms. The molecular weight excluding hydrogens is 641 g/mol. The molecule has 0 heterocycles. The number of unbranched alkanes of at least 4 members (excludes halogenated alkanes) is 20. The van der Waals surface area contributed by atoms with Gasteiger partial charge in [0.25, 0.3) is 0 Å². The highest BCUT2D eigenvalue weighted by Gasteiger charge is 2.25. The maximum Gasteiger partial charge on any atom is 0.472 e. The van der Waals surface area contributed by atoms with Crippen molar-refractivity contribution in [2.24, 2.45) is 5.73 Å². The molecule has 0 bridgehead atoms. The minimum absolute atomic E-state index is 0.0528. The van der Waals surface area contributed by atoms with Crippen LogP contribution < -0.4 is 5.73 Å². The van der Waals surface area contributed by atoms with Crippen molar-refractivity contribution in [3.8, 4) is 0 Å². The first kappa shape index (κ1) is 47.5. The van der Waals surface area contributed by atoms with Crippen molar-refractivity contribution in [3.05, 3.63) is 24.3 Å². The average Bonchev–Trinajstić information content (AvgIpc) is 3.08. The molecule has 0 aliphatic heterocycles. The molecule has 2 atom stereocenters. The minimum Gasteiger partial charge on any atom is -0.462 e. The Bertz CT molecular complexity index is 866. The highest BCUT2D eigenvalue weighted by atomic mass is 31.2. The summed E-state index contributed by atoms with van der Waals surface area (Å²) in [5.74, 6) is -0.841. The number of carbonyl (C=O) groups is 2. The van der Waals surface area contributed by atoms with Crippen LogP contribution in [-0.4, -0.2) is 49.3 Å². The Labute approximate surface area is 300 Å². The Balaban J connectivity index is 4.18. The van der Waals surface area contributed by atoms with E-state index in [1.807, 2.05) is 0 Å². The van der Waals surface area contributed by atoms with Gasteiger partial charge < -0.3 is 20.1 Å². The van der Waals surface area contributed by atoms with Crippen LogP contribution in [0, 0.1) is 0 Å². The number of esters is 2. The Morgan fingerprint density at radius 1 is 0.592 bits per heavy atom. The molecule has 3 N–H and O–H groups in total. The lowest BCUT2D eigenvalue weighted by atomic mass is 10.1. The van der Waals surface area contributed by atoms with Gasteiger partial charge in [-0.25, -0.2) is 4.57 Å². The molecule has 10 heteroatoms. The number of rotatable bonds is 37. The van der Waals surface area contributed by atoms with Crippen molar-refractivity contribution in [2.45, 2.75) is 187 Å². The van der Waals surface area contributed by atoms with Crippen molar-refractivity contribution in [2.75, 3.05) is 26.4 Å². The molecule has 0 saturated heterocycles. The number of hydrogen-bond acceptors (Lipinski definition) is 8. The third-order valence-corrected chi connectivity index (χ3v) is 9.29. The Morgan fingerprint density at radius 3 is 1.51 bits per heavy atom. The first-order valence-corrected chi connectivity index (χ1v) is 21.3. The Morgan fingerprint density at radius 2 is 1.02 bits per heavy atom. The van der Waals surface area contributed by atoms with Crippen LogP contribution in [0.25, 0.3) is 0 Å². The van der Waals surface area contributed by atoms with E-state index < -0.39 is 32.5 Å². The highest BCUT2D eigenvalue weighted by Crippen LogP contribution is 2.43. The molecule has 0 aliphatic carbocycles. The van der Waals surface area contributed by atoms with Gasteiger partial charge in [-0.1, -0.05) is 134 Å². The van der Waals surface area contributed by atoms with E-state index in [2.05, 4.69) is 38.2 Å². The summed E-state index contributed by atoms with van der Waals surface area (Å²) in [6.07, 6.45) is 36.3. The maximum absolute atomic E-state index is 12.5. The molecule has 1 unspecified atom stereocenters. The van der Waals surface area contributed by atoms with E-state index in [-0.39, 0.29) is 32.6 Å². The van der Waals surface area contributed by atoms with Gasteiger partial charge in [-0.3, -0.25) is 18.6 Å². The van der Waals surface area contributed by atoms with Crippen LogP contribution in [0.5, 0.6) is 0 Å². The van der Waals surface area contributed by atoms with Crippen LogP contribution >= 0.6 is 7.82 Å². The molecule has 0 saturated carbocycles. The summed E-state index contributed by atoms with van der Waals surface area (Å²) in [7, 11) is -4.37. The van der Waals surface area contributed by atoms with E-state index in [4.69, 9.17) is 24.3 Å². The fourth-order valence-corrected chi connectivity index (χ4v) is 6.08. The topological polar surface area (TPSA) is 134 Å². The van der Waals surface area contributed by atoms with Crippen LogP contribution in [0.4, 0.5) is 0 Å². The predicted octanol–water partition coefficient (Wildman–Crippen LogP) is 10.8. The summed E-state index contributed by atoms with van der Waals surface area (Å²) in [6.45, 7) is 3.67. The molecule has 0 rings (SSSR count). The first-order chi connectivity index (χ1) is 23.8. The third-order valence-electron chi connectivity index (χ3n) is 8.31. The van der Waals surface area contributed by atoms with E-state index >= 15 is 0 Å². The molecular formula is C39H74NO8P. The van der Waals surface area contributed by atoms with E-state index in [1.165, 1.54) is 83.5 Å². The zero-order chi connectivity index (χ0) is 36.1. The molecule has 0 aromatic heterocycles. The lowest BCUT2D eigenvalue weighted by Gasteiger charge is -2.19. The third kappa shape index (κ3) is 36.1. The van der Waals surface area contributed by atoms with Crippen molar-refractivity contribution in [1.82, 2.24) is 0 Å². The standard InChI is InChI=1S/C39H74NO8P/c1-3-5-7-9-11-13-15-16-17-18-19-20-22-24-26-28-30-32-39(42)48-37(36-47-49(43,44)46-34-33-40)35-45-38(41)31-29-27-25-23-21-14-12-10-8-6-4-2/h10,12-13,15,37H,3-9,11,14,16-36,40H2,1-2H3,(H,43,44)/b12-10+,15-13+/t37-/m1/s1. The summed E-state index contributed by atoms with van der Waals surface area (Å²) in [6, 6.07) is 0. The zero-order valence-corrected chi connectivity index (χ0v) is 32.3. The van der Waals surface area contributed by atoms with Gasteiger partial charge in [0.2, 0.25) is 0 Å². The second kappa shape index (κ2) is 36.3. The summed E-state index contributed by atoms with van der Waals surface area (Å²) in [4.78, 5) is 34.7. The number of phosphoric acid groups is 1. The summed E-state index contributed by atoms with van der Waals surface area (Å²) in [5.41, 5.74) is 5.33. The molecule has 0 radical (unpaired) electrons. The summed E-state index contributed by atoms with van der Waals surface area (Å²) >= 11 is 0. The number of ether oxygens (including phenoxy) is 2. The number of allylic oxidation sites excluding steroid dienone is 4. The van der Waals surface area contributed by atoms with E-state index in [0.29, 0.717) is 6.42 Å². The van der Waals surface area contributed by atoms with E-state index in [1.54, 1.807) is 0 Å². The monoisotopic (exact) mass is 716 g/mol. The summed E-state index contributed by atoms with van der Waals surface area (Å²) in [5, 5.41) is 0. The normalized spacial score (nSPS) is 13.6. The molecule has 0 aromatic rings. The second-order valence-electron chi connectivity index (χ2n) is 13.1. The first-order valence-electron chi connectivity index (χ1n) is 19.8. The van der Waals surface area contributed by atoms with Gasteiger partial charge in [0.1, 0.15) is 6.61 Å². The summed E-state index contributed by atoms with van der Waals surface area (Å²) < 4.78 is 32.6. The molecule has 0 amide bonds. The predicted molar refractivity (Wildman–Crippen MR) is 201 cm³/mol. The van der Waals surface area contributed by atoms with Gasteiger partial charge in [-0.2, -0.15) is 0 Å². The van der Waals surface area contributed by atoms with Crippen LogP contribution in [0.1, 0.15) is 181 Å². The van der Waals surface area contributed by atoms with Crippen LogP contribution in [-0.2, 0) is 32.7 Å². The van der Waals surface area contributed by atoms with Gasteiger partial charge in [-0.15, -0.1) is 0 Å². The fraction of sp³-hybridized carbons (Fsp3) is 0.846.